The molecular formula is C15H20F3N3O3S. The molecule has 1 aromatic carbocycles. The van der Waals surface area contributed by atoms with E-state index in [4.69, 9.17) is 5.73 Å². The molecule has 4 N–H and O–H groups in total. The lowest BCUT2D eigenvalue weighted by molar-refractivity contribution is -0.123. The van der Waals surface area contributed by atoms with Crippen molar-refractivity contribution in [2.75, 3.05) is 6.54 Å². The summed E-state index contributed by atoms with van der Waals surface area (Å²) >= 11 is 0. The van der Waals surface area contributed by atoms with Crippen LogP contribution in [-0.4, -0.2) is 39.1 Å². The average molecular weight is 379 g/mol. The molecule has 0 radical (unpaired) electrons. The Balaban J connectivity index is 1.99. The largest absolute Gasteiger partial charge is 0.405 e. The van der Waals surface area contributed by atoms with Gasteiger partial charge in [-0.1, -0.05) is 0 Å². The van der Waals surface area contributed by atoms with Gasteiger partial charge in [0.15, 0.2) is 0 Å². The van der Waals surface area contributed by atoms with Gasteiger partial charge in [-0.05, 0) is 49.9 Å². The SMILES string of the molecule is NC1CCC(NS(=O)(=O)c2ccc(C(=O)NCC(F)(F)F)cc2)CC1. The molecular weight excluding hydrogens is 359 g/mol. The number of hydrogen-bond donors (Lipinski definition) is 3. The monoisotopic (exact) mass is 379 g/mol. The summed E-state index contributed by atoms with van der Waals surface area (Å²) in [7, 11) is -3.76. The minimum absolute atomic E-state index is 0.0465. The van der Waals surface area contributed by atoms with Gasteiger partial charge in [-0.15, -0.1) is 0 Å². The maximum atomic E-state index is 12.3. The highest BCUT2D eigenvalue weighted by Crippen LogP contribution is 2.20. The first kappa shape index (κ1) is 19.7. The Bertz CT molecular complexity index is 697. The second-order valence-electron chi connectivity index (χ2n) is 6.06. The zero-order valence-electron chi connectivity index (χ0n) is 13.3. The minimum atomic E-state index is -4.51. The first-order valence-electron chi connectivity index (χ1n) is 7.80. The predicted molar refractivity (Wildman–Crippen MR) is 85.4 cm³/mol. The third-order valence-electron chi connectivity index (χ3n) is 3.97. The topological polar surface area (TPSA) is 101 Å². The first-order chi connectivity index (χ1) is 11.6. The van der Waals surface area contributed by atoms with E-state index in [2.05, 4.69) is 4.72 Å². The van der Waals surface area contributed by atoms with Gasteiger partial charge >= 0.3 is 6.18 Å². The molecule has 6 nitrogen and oxygen atoms in total. The van der Waals surface area contributed by atoms with Crippen molar-refractivity contribution in [3.05, 3.63) is 29.8 Å². The zero-order chi connectivity index (χ0) is 18.7. The van der Waals surface area contributed by atoms with Crippen LogP contribution in [0.1, 0.15) is 36.0 Å². The van der Waals surface area contributed by atoms with E-state index < -0.39 is 28.7 Å². The van der Waals surface area contributed by atoms with Crippen LogP contribution in [0, 0.1) is 0 Å². The molecule has 1 aliphatic carbocycles. The molecule has 1 aromatic rings. The molecule has 0 unspecified atom stereocenters. The quantitative estimate of drug-likeness (QED) is 0.722. The summed E-state index contributed by atoms with van der Waals surface area (Å²) < 4.78 is 63.5. The van der Waals surface area contributed by atoms with E-state index in [1.54, 1.807) is 5.32 Å². The summed E-state index contributed by atoms with van der Waals surface area (Å²) in [6.45, 7) is -1.45. The Kier molecular flexibility index (Phi) is 6.07. The molecule has 0 heterocycles. The second-order valence-corrected chi connectivity index (χ2v) is 7.77. The number of sulfonamides is 1. The number of nitrogens with two attached hydrogens (primary N) is 1. The van der Waals surface area contributed by atoms with Crippen LogP contribution in [0.2, 0.25) is 0 Å². The van der Waals surface area contributed by atoms with Gasteiger partial charge in [0, 0.05) is 17.6 Å². The van der Waals surface area contributed by atoms with Gasteiger partial charge in [-0.2, -0.15) is 13.2 Å². The number of carbonyl (C=O) groups is 1. The number of hydrogen-bond acceptors (Lipinski definition) is 4. The van der Waals surface area contributed by atoms with E-state index in [9.17, 15) is 26.4 Å². The highest BCUT2D eigenvalue weighted by Gasteiger charge is 2.28. The summed E-state index contributed by atoms with van der Waals surface area (Å²) in [5.41, 5.74) is 5.73. The molecule has 140 valence electrons. The molecule has 2 rings (SSSR count). The summed E-state index contributed by atoms with van der Waals surface area (Å²) in [6, 6.07) is 4.64. The number of benzene rings is 1. The van der Waals surface area contributed by atoms with Crippen molar-refractivity contribution in [1.29, 1.82) is 0 Å². The van der Waals surface area contributed by atoms with Crippen LogP contribution >= 0.6 is 0 Å². The van der Waals surface area contributed by atoms with E-state index in [1.165, 1.54) is 24.3 Å². The van der Waals surface area contributed by atoms with E-state index in [1.807, 2.05) is 0 Å². The third-order valence-corrected chi connectivity index (χ3v) is 5.51. The second kappa shape index (κ2) is 7.71. The molecule has 10 heteroatoms. The summed E-state index contributed by atoms with van der Waals surface area (Å²) in [5.74, 6) is -0.921. The zero-order valence-corrected chi connectivity index (χ0v) is 14.2. The highest BCUT2D eigenvalue weighted by atomic mass is 32.2. The van der Waals surface area contributed by atoms with Gasteiger partial charge in [-0.25, -0.2) is 13.1 Å². The molecule has 0 saturated heterocycles. The molecule has 1 saturated carbocycles. The Labute approximate surface area is 144 Å². The fourth-order valence-electron chi connectivity index (χ4n) is 2.59. The number of alkyl halides is 3. The highest BCUT2D eigenvalue weighted by molar-refractivity contribution is 7.89. The molecule has 1 fully saturated rings. The molecule has 25 heavy (non-hydrogen) atoms. The molecule has 0 atom stereocenters. The standard InChI is InChI=1S/C15H20F3N3O3S/c16-15(17,18)9-20-14(22)10-1-7-13(8-2-10)25(23,24)21-12-5-3-11(19)4-6-12/h1-2,7-8,11-12,21H,3-6,9,19H2,(H,20,22). The van der Waals surface area contributed by atoms with Gasteiger partial charge < -0.3 is 11.1 Å². The number of nitrogens with one attached hydrogen (secondary N) is 2. The molecule has 1 aliphatic rings. The molecule has 0 aliphatic heterocycles. The third kappa shape index (κ3) is 5.98. The van der Waals surface area contributed by atoms with Crippen LogP contribution in [0.5, 0.6) is 0 Å². The lowest BCUT2D eigenvalue weighted by atomic mass is 9.93. The van der Waals surface area contributed by atoms with Gasteiger partial charge in [0.25, 0.3) is 5.91 Å². The predicted octanol–water partition coefficient (Wildman–Crippen LogP) is 1.53. The minimum Gasteiger partial charge on any atom is -0.343 e. The van der Waals surface area contributed by atoms with Crippen LogP contribution in [0.15, 0.2) is 29.2 Å². The first-order valence-corrected chi connectivity index (χ1v) is 9.28. The van der Waals surface area contributed by atoms with Crippen LogP contribution in [-0.2, 0) is 10.0 Å². The van der Waals surface area contributed by atoms with Crippen molar-refractivity contribution in [1.82, 2.24) is 10.0 Å². The van der Waals surface area contributed by atoms with Crippen molar-refractivity contribution < 1.29 is 26.4 Å². The van der Waals surface area contributed by atoms with Crippen LogP contribution < -0.4 is 15.8 Å². The number of rotatable bonds is 5. The van der Waals surface area contributed by atoms with Crippen molar-refractivity contribution in [3.63, 3.8) is 0 Å². The van der Waals surface area contributed by atoms with Gasteiger partial charge in [0.05, 0.1) is 4.90 Å². The maximum absolute atomic E-state index is 12.3. The number of halogens is 3. The van der Waals surface area contributed by atoms with E-state index in [0.29, 0.717) is 12.8 Å². The van der Waals surface area contributed by atoms with Crippen LogP contribution in [0.25, 0.3) is 0 Å². The lowest BCUT2D eigenvalue weighted by Crippen LogP contribution is -2.40. The maximum Gasteiger partial charge on any atom is 0.405 e. The smallest absolute Gasteiger partial charge is 0.343 e. The van der Waals surface area contributed by atoms with Gasteiger partial charge in [-0.3, -0.25) is 4.79 Å². The molecule has 0 bridgehead atoms. The molecule has 0 aromatic heterocycles. The van der Waals surface area contributed by atoms with Crippen molar-refractivity contribution in [3.8, 4) is 0 Å². The van der Waals surface area contributed by atoms with Crippen molar-refractivity contribution >= 4 is 15.9 Å². The van der Waals surface area contributed by atoms with Crippen molar-refractivity contribution in [2.24, 2.45) is 5.73 Å². The lowest BCUT2D eigenvalue weighted by Gasteiger charge is -2.26. The van der Waals surface area contributed by atoms with Gasteiger partial charge in [0.2, 0.25) is 10.0 Å². The molecule has 0 spiro atoms. The Hall–Kier alpha value is -1.65. The van der Waals surface area contributed by atoms with Crippen LogP contribution in [0.3, 0.4) is 0 Å². The Morgan fingerprint density at radius 3 is 2.20 bits per heavy atom. The van der Waals surface area contributed by atoms with Gasteiger partial charge in [0.1, 0.15) is 6.54 Å². The number of amides is 1. The summed E-state index contributed by atoms with van der Waals surface area (Å²) in [6.07, 6.45) is -1.72. The van der Waals surface area contributed by atoms with Crippen LogP contribution in [0.4, 0.5) is 13.2 Å². The van der Waals surface area contributed by atoms with Crippen molar-refractivity contribution in [2.45, 2.75) is 48.8 Å². The normalized spacial score (nSPS) is 21.8. The molecule has 1 amide bonds. The van der Waals surface area contributed by atoms with E-state index >= 15 is 0 Å². The Morgan fingerprint density at radius 2 is 1.68 bits per heavy atom. The fourth-order valence-corrected chi connectivity index (χ4v) is 3.90. The average Bonchev–Trinajstić information content (AvgIpc) is 2.54. The summed E-state index contributed by atoms with van der Waals surface area (Å²) in [4.78, 5) is 11.6. The Morgan fingerprint density at radius 1 is 1.12 bits per heavy atom. The number of carbonyl (C=O) groups excluding carboxylic acids is 1. The summed E-state index contributed by atoms with van der Waals surface area (Å²) in [5, 5.41) is 1.73. The fraction of sp³-hybridized carbons (Fsp3) is 0.533. The van der Waals surface area contributed by atoms with E-state index in [0.717, 1.165) is 12.8 Å². The van der Waals surface area contributed by atoms with E-state index in [-0.39, 0.29) is 22.5 Å².